The molecule has 1 atom stereocenters. The molecule has 1 fully saturated rings. The lowest BCUT2D eigenvalue weighted by Crippen LogP contribution is -2.41. The molecule has 1 aliphatic heterocycles. The second kappa shape index (κ2) is 8.03. The minimum Gasteiger partial charge on any atom is -0.342 e. The van der Waals surface area contributed by atoms with Crippen molar-refractivity contribution in [2.75, 3.05) is 18.8 Å². The first-order valence-corrected chi connectivity index (χ1v) is 10.6. The summed E-state index contributed by atoms with van der Waals surface area (Å²) < 4.78 is 26.9. The maximum absolute atomic E-state index is 12.5. The Morgan fingerprint density at radius 2 is 2.04 bits per heavy atom. The molecule has 0 saturated carbocycles. The Bertz CT molecular complexity index is 829. The van der Waals surface area contributed by atoms with Crippen molar-refractivity contribution in [3.63, 3.8) is 0 Å². The normalized spacial score (nSPS) is 18.0. The van der Waals surface area contributed by atoms with Crippen molar-refractivity contribution in [3.05, 3.63) is 48.5 Å². The van der Waals surface area contributed by atoms with Crippen LogP contribution >= 0.6 is 0 Å². The highest BCUT2D eigenvalue weighted by molar-refractivity contribution is 7.91. The Morgan fingerprint density at radius 3 is 2.73 bits per heavy atom. The average Bonchev–Trinajstić information content (AvgIpc) is 3.13. The van der Waals surface area contributed by atoms with Crippen LogP contribution in [0.1, 0.15) is 24.8 Å². The van der Waals surface area contributed by atoms with E-state index in [0.29, 0.717) is 19.0 Å². The van der Waals surface area contributed by atoms with Crippen molar-refractivity contribution in [1.82, 2.24) is 14.5 Å². The number of amides is 1. The Morgan fingerprint density at radius 1 is 1.27 bits per heavy atom. The van der Waals surface area contributed by atoms with Crippen molar-refractivity contribution in [3.8, 4) is 0 Å². The number of likely N-dealkylation sites (tertiary alicyclic amines) is 1. The van der Waals surface area contributed by atoms with Crippen molar-refractivity contribution in [2.24, 2.45) is 5.92 Å². The molecule has 2 aromatic rings. The minimum atomic E-state index is -3.43. The number of benzene rings is 1. The van der Waals surface area contributed by atoms with Crippen molar-refractivity contribution in [1.29, 1.82) is 0 Å². The van der Waals surface area contributed by atoms with Crippen LogP contribution in [0.25, 0.3) is 0 Å². The van der Waals surface area contributed by atoms with E-state index in [9.17, 15) is 13.2 Å². The molecule has 1 aliphatic rings. The van der Waals surface area contributed by atoms with E-state index in [1.54, 1.807) is 36.8 Å². The predicted octanol–water partition coefficient (Wildman–Crippen LogP) is 2.29. The number of nitrogens with zero attached hydrogens (tertiary/aromatic N) is 3. The van der Waals surface area contributed by atoms with E-state index in [-0.39, 0.29) is 23.0 Å². The first kappa shape index (κ1) is 18.6. The maximum atomic E-state index is 12.5. The number of imidazole rings is 1. The van der Waals surface area contributed by atoms with Gasteiger partial charge in [-0.1, -0.05) is 17.7 Å². The monoisotopic (exact) mass is 375 g/mol. The van der Waals surface area contributed by atoms with Crippen LogP contribution < -0.4 is 0 Å². The zero-order chi connectivity index (χ0) is 18.6. The van der Waals surface area contributed by atoms with Gasteiger partial charge in [0.25, 0.3) is 0 Å². The fourth-order valence-corrected chi connectivity index (χ4v) is 4.61. The summed E-state index contributed by atoms with van der Waals surface area (Å²) in [7, 11) is -3.43. The Labute approximate surface area is 154 Å². The lowest BCUT2D eigenvalue weighted by molar-refractivity contribution is -0.132. The van der Waals surface area contributed by atoms with Gasteiger partial charge in [0.1, 0.15) is 0 Å². The molecule has 1 saturated heterocycles. The summed E-state index contributed by atoms with van der Waals surface area (Å²) in [5, 5.41) is 0. The molecule has 0 aliphatic carbocycles. The van der Waals surface area contributed by atoms with Crippen molar-refractivity contribution in [2.45, 2.75) is 37.6 Å². The molecule has 1 aromatic heterocycles. The first-order valence-electron chi connectivity index (χ1n) is 8.97. The van der Waals surface area contributed by atoms with Crippen molar-refractivity contribution >= 4 is 15.7 Å². The quantitative estimate of drug-likeness (QED) is 0.777. The van der Waals surface area contributed by atoms with Gasteiger partial charge in [-0.3, -0.25) is 4.79 Å². The van der Waals surface area contributed by atoms with E-state index in [0.717, 1.165) is 24.9 Å². The highest BCUT2D eigenvalue weighted by Crippen LogP contribution is 2.20. The van der Waals surface area contributed by atoms with Crippen LogP contribution in [0.15, 0.2) is 47.9 Å². The van der Waals surface area contributed by atoms with Gasteiger partial charge in [-0.25, -0.2) is 13.4 Å². The number of carbonyl (C=O) groups is 1. The fourth-order valence-electron chi connectivity index (χ4n) is 3.38. The summed E-state index contributed by atoms with van der Waals surface area (Å²) in [6.07, 6.45) is 7.53. The van der Waals surface area contributed by atoms with Crippen LogP contribution in [0, 0.1) is 12.8 Å². The van der Waals surface area contributed by atoms with Crippen molar-refractivity contribution < 1.29 is 13.2 Å². The molecule has 6 nitrogen and oxygen atoms in total. The third-order valence-electron chi connectivity index (χ3n) is 4.86. The van der Waals surface area contributed by atoms with Gasteiger partial charge in [0, 0.05) is 38.4 Å². The third kappa shape index (κ3) is 4.72. The molecule has 7 heteroatoms. The number of sulfone groups is 1. The second-order valence-electron chi connectivity index (χ2n) is 6.99. The maximum Gasteiger partial charge on any atom is 0.223 e. The van der Waals surface area contributed by atoms with E-state index < -0.39 is 9.84 Å². The minimum absolute atomic E-state index is 0.0357. The summed E-state index contributed by atoms with van der Waals surface area (Å²) in [4.78, 5) is 18.7. The average molecular weight is 375 g/mol. The predicted molar refractivity (Wildman–Crippen MR) is 99.4 cm³/mol. The van der Waals surface area contributed by atoms with E-state index in [4.69, 9.17) is 0 Å². The summed E-state index contributed by atoms with van der Waals surface area (Å²) >= 11 is 0. The highest BCUT2D eigenvalue weighted by Gasteiger charge is 2.25. The number of aryl methyl sites for hydroxylation is 1. The summed E-state index contributed by atoms with van der Waals surface area (Å²) in [5.74, 6) is 0.170. The Balaban J connectivity index is 1.54. The number of piperidine rings is 1. The van der Waals surface area contributed by atoms with Crippen LogP contribution in [0.3, 0.4) is 0 Å². The molecule has 26 heavy (non-hydrogen) atoms. The molecular weight excluding hydrogens is 350 g/mol. The van der Waals surface area contributed by atoms with Gasteiger partial charge < -0.3 is 9.47 Å². The molecule has 3 rings (SSSR count). The van der Waals surface area contributed by atoms with Gasteiger partial charge in [-0.2, -0.15) is 0 Å². The number of rotatable bonds is 6. The molecule has 0 spiro atoms. The van der Waals surface area contributed by atoms with E-state index in [2.05, 4.69) is 4.98 Å². The number of aromatic nitrogens is 2. The Hall–Kier alpha value is -2.15. The molecular formula is C19H25N3O3S. The first-order chi connectivity index (χ1) is 12.4. The lowest BCUT2D eigenvalue weighted by Gasteiger charge is -2.33. The fraction of sp³-hybridized carbons (Fsp3) is 0.474. The van der Waals surface area contributed by atoms with E-state index in [1.807, 2.05) is 22.6 Å². The smallest absolute Gasteiger partial charge is 0.223 e. The van der Waals surface area contributed by atoms with Gasteiger partial charge >= 0.3 is 0 Å². The van der Waals surface area contributed by atoms with Crippen LogP contribution in [-0.2, 0) is 21.2 Å². The third-order valence-corrected chi connectivity index (χ3v) is 6.60. The molecule has 0 bridgehead atoms. The molecule has 0 radical (unpaired) electrons. The number of hydrogen-bond donors (Lipinski definition) is 0. The van der Waals surface area contributed by atoms with Gasteiger partial charge in [-0.05, 0) is 37.8 Å². The number of hydrogen-bond acceptors (Lipinski definition) is 4. The molecule has 0 N–H and O–H groups in total. The van der Waals surface area contributed by atoms with E-state index >= 15 is 0 Å². The van der Waals surface area contributed by atoms with Crippen LogP contribution in [0.2, 0.25) is 0 Å². The van der Waals surface area contributed by atoms with Crippen LogP contribution in [0.4, 0.5) is 0 Å². The van der Waals surface area contributed by atoms with Gasteiger partial charge in [-0.15, -0.1) is 0 Å². The Kier molecular flexibility index (Phi) is 5.76. The summed E-state index contributed by atoms with van der Waals surface area (Å²) in [5.41, 5.74) is 1.01. The van der Waals surface area contributed by atoms with Gasteiger partial charge in [0.05, 0.1) is 17.0 Å². The summed E-state index contributed by atoms with van der Waals surface area (Å²) in [6, 6.07) is 6.77. The standard InChI is InChI=1S/C19H25N3O3S/c1-16-4-6-18(7-5-16)26(24,25)12-8-19(23)22-10-2-3-17(14-22)13-21-11-9-20-15-21/h4-7,9,11,15,17H,2-3,8,10,12-14H2,1H3/t17-/m1/s1. The van der Waals surface area contributed by atoms with Crippen LogP contribution in [0.5, 0.6) is 0 Å². The molecule has 1 amide bonds. The zero-order valence-electron chi connectivity index (χ0n) is 15.0. The largest absolute Gasteiger partial charge is 0.342 e. The summed E-state index contributed by atoms with van der Waals surface area (Å²) in [6.45, 7) is 4.15. The zero-order valence-corrected chi connectivity index (χ0v) is 15.9. The topological polar surface area (TPSA) is 72.3 Å². The lowest BCUT2D eigenvalue weighted by atomic mass is 9.97. The molecule has 1 aromatic carbocycles. The van der Waals surface area contributed by atoms with Crippen LogP contribution in [-0.4, -0.2) is 47.6 Å². The molecule has 2 heterocycles. The molecule has 140 valence electrons. The molecule has 0 unspecified atom stereocenters. The SMILES string of the molecule is Cc1ccc(S(=O)(=O)CCC(=O)N2CCC[C@H](Cn3ccnc3)C2)cc1. The second-order valence-corrected chi connectivity index (χ2v) is 9.10. The van der Waals surface area contributed by atoms with Gasteiger partial charge in [0.2, 0.25) is 5.91 Å². The highest BCUT2D eigenvalue weighted by atomic mass is 32.2. The van der Waals surface area contributed by atoms with Gasteiger partial charge in [0.15, 0.2) is 9.84 Å². The van der Waals surface area contributed by atoms with E-state index in [1.165, 1.54) is 0 Å². The number of carbonyl (C=O) groups excluding carboxylic acids is 1.